The van der Waals surface area contributed by atoms with E-state index < -0.39 is 96.6 Å². The van der Waals surface area contributed by atoms with Gasteiger partial charge in [0.15, 0.2) is 0 Å². The van der Waals surface area contributed by atoms with Crippen molar-refractivity contribution < 1.29 is 80.1 Å². The Labute approximate surface area is 480 Å². The highest BCUT2D eigenvalue weighted by Crippen LogP contribution is 2.52. The Bertz CT molecular complexity index is 3130. The summed E-state index contributed by atoms with van der Waals surface area (Å²) < 4.78 is 139. The highest BCUT2D eigenvalue weighted by Gasteiger charge is 2.44. The van der Waals surface area contributed by atoms with Crippen LogP contribution in [0.2, 0.25) is 0 Å². The molecular formula is C55H71IN3O18S3-3. The van der Waals surface area contributed by atoms with Crippen molar-refractivity contribution in [2.45, 2.75) is 108 Å². The van der Waals surface area contributed by atoms with Crippen LogP contribution in [0.3, 0.4) is 0 Å². The van der Waals surface area contributed by atoms with Crippen molar-refractivity contribution in [1.29, 1.82) is 0 Å². The maximum atomic E-state index is 13.0. The Kier molecular flexibility index (Phi) is 22.2. The number of hydroxylamine groups is 2. The molecular weight excluding hydrogens is 1210 g/mol. The number of methoxy groups -OCH3 is 2. The maximum absolute atomic E-state index is 13.0. The number of benzene rings is 2. The number of halogens is 1. The minimum Gasteiger partial charge on any atom is -0.748 e. The van der Waals surface area contributed by atoms with Crippen molar-refractivity contribution in [3.05, 3.63) is 95.3 Å². The second-order valence-electron chi connectivity index (χ2n) is 21.1. The third-order valence-corrected chi connectivity index (χ3v) is 19.6. The van der Waals surface area contributed by atoms with Gasteiger partial charge >= 0.3 is 5.97 Å². The number of fused-ring (bicyclic) bond motifs is 3. The minimum absolute atomic E-state index is 0.00123. The lowest BCUT2D eigenvalue weighted by Gasteiger charge is -2.48. The number of hydrogen-bond donors (Lipinski definition) is 0. The van der Waals surface area contributed by atoms with E-state index in [9.17, 15) is 53.3 Å². The molecule has 2 aromatic rings. The molecule has 0 aromatic heterocycles. The third-order valence-electron chi connectivity index (χ3n) is 14.1. The van der Waals surface area contributed by atoms with Gasteiger partial charge in [0.05, 0.1) is 57.1 Å². The molecule has 4 aliphatic heterocycles. The van der Waals surface area contributed by atoms with E-state index in [2.05, 4.69) is 43.9 Å². The van der Waals surface area contributed by atoms with Gasteiger partial charge in [-0.25, -0.2) is 30.0 Å². The first kappa shape index (κ1) is 64.5. The fourth-order valence-electron chi connectivity index (χ4n) is 10.1. The summed E-state index contributed by atoms with van der Waals surface area (Å²) in [7, 11) is -10.9. The van der Waals surface area contributed by atoms with Gasteiger partial charge < -0.3 is 50.3 Å². The molecule has 0 saturated carbocycles. The molecule has 6 rings (SSSR count). The van der Waals surface area contributed by atoms with E-state index in [0.717, 1.165) is 37.5 Å². The Balaban J connectivity index is 1.40. The van der Waals surface area contributed by atoms with Gasteiger partial charge in [0.1, 0.15) is 37.0 Å². The molecule has 442 valence electrons. The average Bonchev–Trinajstić information content (AvgIpc) is 3.71. The number of ether oxygens (including phenoxy) is 4. The number of carbonyl (C=O) groups is 3. The van der Waals surface area contributed by atoms with Crippen LogP contribution >= 0.6 is 21.1 Å². The summed E-state index contributed by atoms with van der Waals surface area (Å²) in [5.74, 6) is -2.78. The number of amides is 2. The van der Waals surface area contributed by atoms with Crippen molar-refractivity contribution >= 4 is 95.3 Å². The van der Waals surface area contributed by atoms with Gasteiger partial charge in [-0.05, 0) is 111 Å². The number of imide groups is 1. The van der Waals surface area contributed by atoms with Crippen molar-refractivity contribution in [3.8, 4) is 5.75 Å². The van der Waals surface area contributed by atoms with Crippen molar-refractivity contribution in [1.82, 2.24) is 5.06 Å². The molecule has 4 heterocycles. The predicted octanol–water partition coefficient (Wildman–Crippen LogP) is 6.96. The molecule has 1 saturated heterocycles. The van der Waals surface area contributed by atoms with Crippen LogP contribution < -0.4 is 12.9 Å². The van der Waals surface area contributed by atoms with Gasteiger partial charge in [0.25, 0.3) is 11.8 Å². The summed E-state index contributed by atoms with van der Waals surface area (Å²) in [6.45, 7) is 12.6. The lowest BCUT2D eigenvalue weighted by molar-refractivity contribution is -0.197. The molecule has 1 atom stereocenters. The smallest absolute Gasteiger partial charge is 0.333 e. The first-order chi connectivity index (χ1) is 37.6. The topological polar surface area (TPSA) is 288 Å². The zero-order valence-electron chi connectivity index (χ0n) is 46.2. The SMILES string of the molecule is COCCOCCC1(CCOCCOC)C=C(C)c2cc3c(cc2N1CCCS(=O)(=O)[O-])OI=C(C(C)(C)C)C=C3/C=C/C=C/C=C1\N(CCCS(=O)(=O)[O-])c2ccc(S(=O)(=O)[O-])cc2C1(C)CCCC(=O)ON1C(=O)CCC1=O. The summed E-state index contributed by atoms with van der Waals surface area (Å²) in [4.78, 5) is 45.8. The van der Waals surface area contributed by atoms with E-state index in [1.165, 1.54) is 12.1 Å². The van der Waals surface area contributed by atoms with E-state index in [1.54, 1.807) is 44.3 Å². The maximum Gasteiger partial charge on any atom is 0.333 e. The Morgan fingerprint density at radius 3 is 1.99 bits per heavy atom. The fourth-order valence-corrected chi connectivity index (χ4v) is 13.5. The summed E-state index contributed by atoms with van der Waals surface area (Å²) in [5, 5.41) is 0.450. The van der Waals surface area contributed by atoms with E-state index in [1.807, 2.05) is 25.1 Å². The van der Waals surface area contributed by atoms with Crippen molar-refractivity contribution in [2.24, 2.45) is 5.41 Å². The molecule has 0 aliphatic carbocycles. The molecule has 1 fully saturated rings. The molecule has 1 unspecified atom stereocenters. The third kappa shape index (κ3) is 17.0. The van der Waals surface area contributed by atoms with Gasteiger partial charge in [-0.2, -0.15) is 0 Å². The number of rotatable bonds is 29. The molecule has 2 aromatic carbocycles. The highest BCUT2D eigenvalue weighted by atomic mass is 127. The first-order valence-corrected chi connectivity index (χ1v) is 32.7. The Hall–Kier alpha value is -4.68. The van der Waals surface area contributed by atoms with Gasteiger partial charge in [-0.3, -0.25) is 9.59 Å². The van der Waals surface area contributed by atoms with Gasteiger partial charge in [-0.1, -0.05) is 51.2 Å². The lowest BCUT2D eigenvalue weighted by Crippen LogP contribution is -2.52. The first-order valence-electron chi connectivity index (χ1n) is 26.2. The molecule has 0 spiro atoms. The monoisotopic (exact) mass is 1280 g/mol. The molecule has 4 aliphatic rings. The Morgan fingerprint density at radius 2 is 1.40 bits per heavy atom. The molecule has 2 amide bonds. The molecule has 80 heavy (non-hydrogen) atoms. The summed E-state index contributed by atoms with van der Waals surface area (Å²) in [5.41, 5.74) is 3.46. The normalized spacial score (nSPS) is 19.1. The largest absolute Gasteiger partial charge is 0.748 e. The average molecular weight is 1290 g/mol. The van der Waals surface area contributed by atoms with Crippen LogP contribution in [0.4, 0.5) is 11.4 Å². The van der Waals surface area contributed by atoms with Crippen molar-refractivity contribution in [3.63, 3.8) is 0 Å². The number of nitrogens with zero attached hydrogens (tertiary/aromatic N) is 3. The summed E-state index contributed by atoms with van der Waals surface area (Å²) in [6.07, 6.45) is 14.1. The molecule has 0 radical (unpaired) electrons. The van der Waals surface area contributed by atoms with Crippen LogP contribution in [-0.2, 0) is 73.9 Å². The zero-order chi connectivity index (χ0) is 58.7. The van der Waals surface area contributed by atoms with Gasteiger partial charge in [-0.15, -0.1) is 5.06 Å². The summed E-state index contributed by atoms with van der Waals surface area (Å²) >= 11 is -1.04. The second-order valence-corrected chi connectivity index (χ2v) is 27.5. The molecule has 21 nitrogen and oxygen atoms in total. The van der Waals surface area contributed by atoms with Gasteiger partial charge in [0.2, 0.25) is 0 Å². The highest BCUT2D eigenvalue weighted by molar-refractivity contribution is 14.2. The van der Waals surface area contributed by atoms with E-state index in [4.69, 9.17) is 26.9 Å². The van der Waals surface area contributed by atoms with Gasteiger partial charge in [0, 0.05) is 114 Å². The Morgan fingerprint density at radius 1 is 0.775 bits per heavy atom. The quantitative estimate of drug-likeness (QED) is 0.0261. The van der Waals surface area contributed by atoms with E-state index in [0.29, 0.717) is 80.2 Å². The number of hydrogen-bond acceptors (Lipinski definition) is 20. The van der Waals surface area contributed by atoms with Crippen LogP contribution in [0.5, 0.6) is 5.75 Å². The standard InChI is InChI=1S/C55H74IN3O18S3/c1-39-38-55(22-26-74-30-28-72-6,23-27-75-31-29-73-7)58(25-13-33-79(66,67)68)46-37-47-43(36-42(39)46)40(34-48(56-76-47)53(2,3)4)14-9-8-10-15-49-54(5,21-11-16-52(62)77-59-50(60)19-20-51(59)61)44-35-41(80(69,70)71)17-18-45(44)57(49)24-12-32-78(63,64)65/h8-10,14-15,17-18,34-38H,11-13,16,19-33H2,1-7H3,(H,63,64,65)(H,66,67,68)(H,69,70,71)/p-3/b10-8+,14-9+,49-15-. The fraction of sp³-hybridized carbons (Fsp3) is 0.527. The zero-order valence-corrected chi connectivity index (χ0v) is 50.8. The number of allylic oxidation sites excluding steroid dienone is 9. The lowest BCUT2D eigenvalue weighted by atomic mass is 9.77. The van der Waals surface area contributed by atoms with Crippen molar-refractivity contribution in [2.75, 3.05) is 88.3 Å². The minimum atomic E-state index is -4.95. The van der Waals surface area contributed by atoms with E-state index >= 15 is 0 Å². The van der Waals surface area contributed by atoms with Crippen LogP contribution in [0.1, 0.15) is 109 Å². The number of anilines is 2. The summed E-state index contributed by atoms with van der Waals surface area (Å²) in [6, 6.07) is 7.91. The van der Waals surface area contributed by atoms with Crippen LogP contribution in [0, 0.1) is 5.41 Å². The van der Waals surface area contributed by atoms with Crippen LogP contribution in [-0.4, -0.2) is 149 Å². The molecule has 0 N–H and O–H groups in total. The second kappa shape index (κ2) is 27.6. The van der Waals surface area contributed by atoms with Crippen LogP contribution in [0.15, 0.2) is 83.5 Å². The molecule has 25 heteroatoms. The number of carbonyl (C=O) groups excluding carboxylic acids is 3. The van der Waals surface area contributed by atoms with E-state index in [-0.39, 0.29) is 63.5 Å². The van der Waals surface area contributed by atoms with Crippen LogP contribution in [0.25, 0.3) is 11.1 Å². The molecule has 0 bridgehead atoms. The predicted molar refractivity (Wildman–Crippen MR) is 307 cm³/mol.